The van der Waals surface area contributed by atoms with Gasteiger partial charge in [-0.15, -0.1) is 0 Å². The Kier molecular flexibility index (Phi) is 5.26. The van der Waals surface area contributed by atoms with Crippen molar-refractivity contribution in [2.75, 3.05) is 14.2 Å². The third kappa shape index (κ3) is 3.73. The molecule has 0 aromatic heterocycles. The summed E-state index contributed by atoms with van der Waals surface area (Å²) in [6.45, 7) is 2.15. The second kappa shape index (κ2) is 6.95. The predicted molar refractivity (Wildman–Crippen MR) is 80.7 cm³/mol. The SMILES string of the molecule is CNC(CC1CCCCC1)c1cc(C)ccc1OC. The topological polar surface area (TPSA) is 21.3 Å². The molecule has 1 aromatic carbocycles. The first kappa shape index (κ1) is 14.4. The lowest BCUT2D eigenvalue weighted by Gasteiger charge is -2.27. The zero-order valence-corrected chi connectivity index (χ0v) is 12.5. The number of hydrogen-bond donors (Lipinski definition) is 1. The molecule has 1 fully saturated rings. The molecule has 106 valence electrons. The first-order chi connectivity index (χ1) is 9.24. The van der Waals surface area contributed by atoms with Crippen molar-refractivity contribution in [1.29, 1.82) is 0 Å². The predicted octanol–water partition coefficient (Wildman–Crippen LogP) is 4.23. The molecule has 0 amide bonds. The van der Waals surface area contributed by atoms with Gasteiger partial charge in [-0.1, -0.05) is 49.8 Å². The molecule has 0 aliphatic heterocycles. The largest absolute Gasteiger partial charge is 0.496 e. The Bertz CT molecular complexity index is 396. The Balaban J connectivity index is 2.13. The lowest BCUT2D eigenvalue weighted by atomic mass is 9.83. The summed E-state index contributed by atoms with van der Waals surface area (Å²) in [6, 6.07) is 6.90. The van der Waals surface area contributed by atoms with Crippen LogP contribution >= 0.6 is 0 Å². The molecule has 1 saturated carbocycles. The van der Waals surface area contributed by atoms with Crippen molar-refractivity contribution in [2.45, 2.75) is 51.5 Å². The molecule has 2 heteroatoms. The quantitative estimate of drug-likeness (QED) is 0.856. The van der Waals surface area contributed by atoms with E-state index in [1.807, 2.05) is 0 Å². The average molecular weight is 261 g/mol. The van der Waals surface area contributed by atoms with Gasteiger partial charge in [0.05, 0.1) is 7.11 Å². The molecule has 1 aromatic rings. The van der Waals surface area contributed by atoms with Gasteiger partial charge in [0.15, 0.2) is 0 Å². The van der Waals surface area contributed by atoms with Crippen molar-refractivity contribution in [3.8, 4) is 5.75 Å². The Morgan fingerprint density at radius 1 is 1.26 bits per heavy atom. The highest BCUT2D eigenvalue weighted by molar-refractivity contribution is 5.39. The highest BCUT2D eigenvalue weighted by Gasteiger charge is 2.21. The number of methoxy groups -OCH3 is 1. The van der Waals surface area contributed by atoms with E-state index in [2.05, 4.69) is 37.5 Å². The first-order valence-corrected chi connectivity index (χ1v) is 7.56. The second-order valence-electron chi connectivity index (χ2n) is 5.83. The molecule has 0 spiro atoms. The summed E-state index contributed by atoms with van der Waals surface area (Å²) < 4.78 is 5.53. The van der Waals surface area contributed by atoms with Crippen LogP contribution in [0.15, 0.2) is 18.2 Å². The van der Waals surface area contributed by atoms with Crippen LogP contribution in [0, 0.1) is 12.8 Å². The van der Waals surface area contributed by atoms with E-state index in [-0.39, 0.29) is 0 Å². The average Bonchev–Trinajstić information content (AvgIpc) is 2.46. The van der Waals surface area contributed by atoms with Crippen LogP contribution < -0.4 is 10.1 Å². The summed E-state index contributed by atoms with van der Waals surface area (Å²) >= 11 is 0. The standard InChI is InChI=1S/C17H27NO/c1-13-9-10-17(19-3)15(11-13)16(18-2)12-14-7-5-4-6-8-14/h9-11,14,16,18H,4-8,12H2,1-3H3. The van der Waals surface area contributed by atoms with Crippen LogP contribution in [0.4, 0.5) is 0 Å². The number of hydrogen-bond acceptors (Lipinski definition) is 2. The summed E-state index contributed by atoms with van der Waals surface area (Å²) in [5, 5.41) is 3.49. The summed E-state index contributed by atoms with van der Waals surface area (Å²) in [5.41, 5.74) is 2.62. The van der Waals surface area contributed by atoms with E-state index in [1.165, 1.54) is 49.7 Å². The maximum absolute atomic E-state index is 5.53. The Morgan fingerprint density at radius 3 is 2.63 bits per heavy atom. The van der Waals surface area contributed by atoms with Crippen LogP contribution in [0.3, 0.4) is 0 Å². The normalized spacial score (nSPS) is 18.3. The van der Waals surface area contributed by atoms with Crippen molar-refractivity contribution in [3.63, 3.8) is 0 Å². The minimum atomic E-state index is 0.415. The molecule has 0 saturated heterocycles. The molecular weight excluding hydrogens is 234 g/mol. The van der Waals surface area contributed by atoms with Crippen molar-refractivity contribution >= 4 is 0 Å². The fourth-order valence-electron chi connectivity index (χ4n) is 3.28. The molecule has 1 atom stereocenters. The highest BCUT2D eigenvalue weighted by atomic mass is 16.5. The molecule has 1 N–H and O–H groups in total. The third-order valence-corrected chi connectivity index (χ3v) is 4.40. The first-order valence-electron chi connectivity index (χ1n) is 7.56. The monoisotopic (exact) mass is 261 g/mol. The molecule has 0 radical (unpaired) electrons. The van der Waals surface area contributed by atoms with Gasteiger partial charge < -0.3 is 10.1 Å². The van der Waals surface area contributed by atoms with Gasteiger partial charge in [0.25, 0.3) is 0 Å². The van der Waals surface area contributed by atoms with Crippen molar-refractivity contribution in [3.05, 3.63) is 29.3 Å². The fraction of sp³-hybridized carbons (Fsp3) is 0.647. The molecular formula is C17H27NO. The summed E-state index contributed by atoms with van der Waals surface area (Å²) in [4.78, 5) is 0. The van der Waals surface area contributed by atoms with Gasteiger partial charge in [-0.05, 0) is 32.4 Å². The van der Waals surface area contributed by atoms with Crippen LogP contribution in [-0.4, -0.2) is 14.2 Å². The van der Waals surface area contributed by atoms with Gasteiger partial charge in [0.2, 0.25) is 0 Å². The van der Waals surface area contributed by atoms with Crippen LogP contribution in [0.25, 0.3) is 0 Å². The van der Waals surface area contributed by atoms with Crippen LogP contribution in [-0.2, 0) is 0 Å². The smallest absolute Gasteiger partial charge is 0.123 e. The van der Waals surface area contributed by atoms with E-state index in [0.717, 1.165) is 11.7 Å². The minimum Gasteiger partial charge on any atom is -0.496 e. The Labute approximate surface area is 117 Å². The number of ether oxygens (including phenoxy) is 1. The molecule has 1 unspecified atom stereocenters. The van der Waals surface area contributed by atoms with E-state index in [0.29, 0.717) is 6.04 Å². The summed E-state index contributed by atoms with van der Waals surface area (Å²) in [7, 11) is 3.83. The van der Waals surface area contributed by atoms with E-state index in [9.17, 15) is 0 Å². The van der Waals surface area contributed by atoms with Gasteiger partial charge in [0.1, 0.15) is 5.75 Å². The van der Waals surface area contributed by atoms with Crippen molar-refractivity contribution < 1.29 is 4.74 Å². The van der Waals surface area contributed by atoms with E-state index < -0.39 is 0 Å². The van der Waals surface area contributed by atoms with E-state index in [1.54, 1.807) is 7.11 Å². The zero-order valence-electron chi connectivity index (χ0n) is 12.5. The minimum absolute atomic E-state index is 0.415. The number of rotatable bonds is 5. The molecule has 2 rings (SSSR count). The number of benzene rings is 1. The molecule has 0 heterocycles. The molecule has 19 heavy (non-hydrogen) atoms. The van der Waals surface area contributed by atoms with E-state index >= 15 is 0 Å². The van der Waals surface area contributed by atoms with Gasteiger partial charge in [-0.25, -0.2) is 0 Å². The van der Waals surface area contributed by atoms with Gasteiger partial charge >= 0.3 is 0 Å². The maximum atomic E-state index is 5.53. The van der Waals surface area contributed by atoms with Gasteiger partial charge in [-0.2, -0.15) is 0 Å². The van der Waals surface area contributed by atoms with Crippen LogP contribution in [0.1, 0.15) is 55.7 Å². The van der Waals surface area contributed by atoms with Crippen molar-refractivity contribution in [1.82, 2.24) is 5.32 Å². The van der Waals surface area contributed by atoms with Crippen molar-refractivity contribution in [2.24, 2.45) is 5.92 Å². The lowest BCUT2D eigenvalue weighted by molar-refractivity contribution is 0.301. The number of aryl methyl sites for hydroxylation is 1. The number of nitrogens with one attached hydrogen (secondary N) is 1. The second-order valence-corrected chi connectivity index (χ2v) is 5.83. The summed E-state index contributed by atoms with van der Waals surface area (Å²) in [5.74, 6) is 1.89. The summed E-state index contributed by atoms with van der Waals surface area (Å²) in [6.07, 6.45) is 8.27. The lowest BCUT2D eigenvalue weighted by Crippen LogP contribution is -2.22. The fourth-order valence-corrected chi connectivity index (χ4v) is 3.28. The molecule has 1 aliphatic rings. The highest BCUT2D eigenvalue weighted by Crippen LogP contribution is 2.35. The van der Waals surface area contributed by atoms with Crippen LogP contribution in [0.2, 0.25) is 0 Å². The molecule has 1 aliphatic carbocycles. The maximum Gasteiger partial charge on any atom is 0.123 e. The van der Waals surface area contributed by atoms with Gasteiger partial charge in [-0.3, -0.25) is 0 Å². The zero-order chi connectivity index (χ0) is 13.7. The van der Waals surface area contributed by atoms with Crippen LogP contribution in [0.5, 0.6) is 5.75 Å². The molecule has 2 nitrogen and oxygen atoms in total. The molecule has 0 bridgehead atoms. The Hall–Kier alpha value is -1.02. The Morgan fingerprint density at radius 2 is 2.00 bits per heavy atom. The third-order valence-electron chi connectivity index (χ3n) is 4.40. The van der Waals surface area contributed by atoms with Gasteiger partial charge in [0, 0.05) is 11.6 Å². The van der Waals surface area contributed by atoms with E-state index in [4.69, 9.17) is 4.74 Å².